The molecule has 126 valence electrons. The number of esters is 1. The number of Topliss-reactive ketones (excluding diaryl/α,β-unsaturated/α-hetero) is 1. The Morgan fingerprint density at radius 1 is 1.13 bits per heavy atom. The lowest BCUT2D eigenvalue weighted by atomic mass is 10.0. The van der Waals surface area contributed by atoms with E-state index in [1.807, 2.05) is 0 Å². The molecule has 0 spiro atoms. The SMILES string of the molecule is CCCCCCCC(=O)c1ccc(OC(=O)C(C)C)c(C=O)c1. The molecule has 0 aliphatic carbocycles. The summed E-state index contributed by atoms with van der Waals surface area (Å²) in [5, 5.41) is 0. The van der Waals surface area contributed by atoms with Crippen LogP contribution in [0.5, 0.6) is 5.75 Å². The van der Waals surface area contributed by atoms with Gasteiger partial charge in [-0.3, -0.25) is 14.4 Å². The number of hydrogen-bond acceptors (Lipinski definition) is 4. The molecule has 0 bridgehead atoms. The van der Waals surface area contributed by atoms with Gasteiger partial charge in [-0.05, 0) is 24.6 Å². The first-order chi connectivity index (χ1) is 11.0. The van der Waals surface area contributed by atoms with Crippen LogP contribution in [-0.4, -0.2) is 18.0 Å². The van der Waals surface area contributed by atoms with Crippen LogP contribution in [0.15, 0.2) is 18.2 Å². The van der Waals surface area contributed by atoms with Crippen LogP contribution < -0.4 is 4.74 Å². The van der Waals surface area contributed by atoms with Crippen LogP contribution in [0, 0.1) is 5.92 Å². The number of ether oxygens (including phenoxy) is 1. The highest BCUT2D eigenvalue weighted by atomic mass is 16.5. The number of unbranched alkanes of at least 4 members (excludes halogenated alkanes) is 4. The molecule has 0 heterocycles. The van der Waals surface area contributed by atoms with Gasteiger partial charge >= 0.3 is 5.97 Å². The minimum Gasteiger partial charge on any atom is -0.426 e. The first kappa shape index (κ1) is 19.1. The summed E-state index contributed by atoms with van der Waals surface area (Å²) in [6.07, 6.45) is 6.51. The number of benzene rings is 1. The maximum absolute atomic E-state index is 12.2. The van der Waals surface area contributed by atoms with E-state index >= 15 is 0 Å². The summed E-state index contributed by atoms with van der Waals surface area (Å²) in [4.78, 5) is 35.0. The summed E-state index contributed by atoms with van der Waals surface area (Å²) >= 11 is 0. The van der Waals surface area contributed by atoms with Gasteiger partial charge < -0.3 is 4.74 Å². The van der Waals surface area contributed by atoms with Crippen molar-refractivity contribution in [3.63, 3.8) is 0 Å². The fourth-order valence-electron chi connectivity index (χ4n) is 2.17. The van der Waals surface area contributed by atoms with Crippen molar-refractivity contribution < 1.29 is 19.1 Å². The number of carbonyl (C=O) groups is 3. The quantitative estimate of drug-likeness (QED) is 0.208. The van der Waals surface area contributed by atoms with Gasteiger partial charge in [-0.2, -0.15) is 0 Å². The van der Waals surface area contributed by atoms with Gasteiger partial charge in [0.05, 0.1) is 11.5 Å². The molecule has 0 N–H and O–H groups in total. The molecule has 1 aromatic carbocycles. The predicted octanol–water partition coefficient (Wildman–Crippen LogP) is 4.60. The molecule has 0 fully saturated rings. The molecule has 4 heteroatoms. The largest absolute Gasteiger partial charge is 0.426 e. The number of rotatable bonds is 10. The average molecular weight is 318 g/mol. The Balaban J connectivity index is 2.69. The van der Waals surface area contributed by atoms with Crippen LogP contribution in [-0.2, 0) is 4.79 Å². The topological polar surface area (TPSA) is 60.4 Å². The minimum atomic E-state index is -0.400. The lowest BCUT2D eigenvalue weighted by molar-refractivity contribution is -0.137. The Kier molecular flexibility index (Phi) is 8.23. The summed E-state index contributed by atoms with van der Waals surface area (Å²) in [7, 11) is 0. The van der Waals surface area contributed by atoms with E-state index in [4.69, 9.17) is 4.74 Å². The van der Waals surface area contributed by atoms with Gasteiger partial charge in [0.1, 0.15) is 5.75 Å². The molecule has 1 rings (SSSR count). The van der Waals surface area contributed by atoms with Gasteiger partial charge in [-0.1, -0.05) is 46.5 Å². The van der Waals surface area contributed by atoms with E-state index in [0.717, 1.165) is 19.3 Å². The molecule has 4 nitrogen and oxygen atoms in total. The Labute approximate surface area is 138 Å². The van der Waals surface area contributed by atoms with Crippen molar-refractivity contribution in [1.82, 2.24) is 0 Å². The summed E-state index contributed by atoms with van der Waals surface area (Å²) in [6, 6.07) is 4.64. The van der Waals surface area contributed by atoms with Crippen molar-refractivity contribution in [2.75, 3.05) is 0 Å². The minimum absolute atomic E-state index is 0.0198. The number of carbonyl (C=O) groups excluding carboxylic acids is 3. The van der Waals surface area contributed by atoms with Gasteiger partial charge in [-0.15, -0.1) is 0 Å². The van der Waals surface area contributed by atoms with E-state index in [1.54, 1.807) is 19.9 Å². The zero-order valence-electron chi connectivity index (χ0n) is 14.3. The van der Waals surface area contributed by atoms with Crippen molar-refractivity contribution >= 4 is 18.0 Å². The third kappa shape index (κ3) is 6.35. The van der Waals surface area contributed by atoms with Crippen molar-refractivity contribution in [3.05, 3.63) is 29.3 Å². The van der Waals surface area contributed by atoms with E-state index in [-0.39, 0.29) is 23.0 Å². The van der Waals surface area contributed by atoms with Crippen LogP contribution in [0.1, 0.15) is 80.0 Å². The molecule has 1 aromatic rings. The lowest BCUT2D eigenvalue weighted by Crippen LogP contribution is -2.16. The Morgan fingerprint density at radius 2 is 1.83 bits per heavy atom. The summed E-state index contributed by atoms with van der Waals surface area (Å²) in [5.41, 5.74) is 0.725. The van der Waals surface area contributed by atoms with Gasteiger partial charge in [0.2, 0.25) is 0 Å². The lowest BCUT2D eigenvalue weighted by Gasteiger charge is -2.10. The van der Waals surface area contributed by atoms with Crippen LogP contribution in [0.4, 0.5) is 0 Å². The molecule has 23 heavy (non-hydrogen) atoms. The average Bonchev–Trinajstić information content (AvgIpc) is 2.54. The van der Waals surface area contributed by atoms with Crippen LogP contribution in [0.2, 0.25) is 0 Å². The fourth-order valence-corrected chi connectivity index (χ4v) is 2.17. The van der Waals surface area contributed by atoms with Gasteiger partial charge in [0.15, 0.2) is 12.1 Å². The molecule has 0 amide bonds. The van der Waals surface area contributed by atoms with E-state index < -0.39 is 5.97 Å². The first-order valence-electron chi connectivity index (χ1n) is 8.33. The molecule has 0 atom stereocenters. The van der Waals surface area contributed by atoms with Crippen molar-refractivity contribution in [1.29, 1.82) is 0 Å². The van der Waals surface area contributed by atoms with E-state index in [1.165, 1.54) is 25.0 Å². The monoisotopic (exact) mass is 318 g/mol. The highest BCUT2D eigenvalue weighted by Gasteiger charge is 2.15. The molecule has 0 unspecified atom stereocenters. The molecule has 0 aliphatic heterocycles. The number of hydrogen-bond donors (Lipinski definition) is 0. The van der Waals surface area contributed by atoms with Crippen molar-refractivity contribution in [2.24, 2.45) is 5.92 Å². The van der Waals surface area contributed by atoms with Crippen molar-refractivity contribution in [2.45, 2.75) is 59.3 Å². The third-order valence-electron chi connectivity index (χ3n) is 3.65. The van der Waals surface area contributed by atoms with E-state index in [9.17, 15) is 14.4 Å². The molecule has 0 radical (unpaired) electrons. The zero-order chi connectivity index (χ0) is 17.2. The predicted molar refractivity (Wildman–Crippen MR) is 90.0 cm³/mol. The van der Waals surface area contributed by atoms with Crippen LogP contribution in [0.3, 0.4) is 0 Å². The standard InChI is InChI=1S/C19H26O4/c1-4-5-6-7-8-9-17(21)15-10-11-18(16(12-15)13-20)23-19(22)14(2)3/h10-14H,4-9H2,1-3H3. The number of aldehydes is 1. The van der Waals surface area contributed by atoms with Gasteiger partial charge in [-0.25, -0.2) is 0 Å². The highest BCUT2D eigenvalue weighted by Crippen LogP contribution is 2.21. The molecule has 0 aromatic heterocycles. The van der Waals surface area contributed by atoms with E-state index in [0.29, 0.717) is 18.3 Å². The summed E-state index contributed by atoms with van der Waals surface area (Å²) in [6.45, 7) is 5.60. The second-order valence-corrected chi connectivity index (χ2v) is 6.03. The summed E-state index contributed by atoms with van der Waals surface area (Å²) < 4.78 is 5.18. The molecule has 0 saturated heterocycles. The third-order valence-corrected chi connectivity index (χ3v) is 3.65. The summed E-state index contributed by atoms with van der Waals surface area (Å²) in [5.74, 6) is -0.452. The highest BCUT2D eigenvalue weighted by molar-refractivity contribution is 5.98. The fraction of sp³-hybridized carbons (Fsp3) is 0.526. The maximum atomic E-state index is 12.2. The van der Waals surface area contributed by atoms with Crippen LogP contribution >= 0.6 is 0 Å². The Morgan fingerprint density at radius 3 is 2.43 bits per heavy atom. The zero-order valence-corrected chi connectivity index (χ0v) is 14.3. The van der Waals surface area contributed by atoms with Gasteiger partial charge in [0, 0.05) is 12.0 Å². The van der Waals surface area contributed by atoms with E-state index in [2.05, 4.69) is 6.92 Å². The van der Waals surface area contributed by atoms with Crippen molar-refractivity contribution in [3.8, 4) is 5.75 Å². The smallest absolute Gasteiger partial charge is 0.313 e. The first-order valence-corrected chi connectivity index (χ1v) is 8.33. The molecular formula is C19H26O4. The molecular weight excluding hydrogens is 292 g/mol. The molecule has 0 saturated carbocycles. The van der Waals surface area contributed by atoms with Crippen LogP contribution in [0.25, 0.3) is 0 Å². The second kappa shape index (κ2) is 9.93. The number of ketones is 1. The van der Waals surface area contributed by atoms with Gasteiger partial charge in [0.25, 0.3) is 0 Å². The second-order valence-electron chi connectivity index (χ2n) is 6.03. The Hall–Kier alpha value is -1.97. The maximum Gasteiger partial charge on any atom is 0.313 e. The Bertz CT molecular complexity index is 546. The molecule has 0 aliphatic rings. The normalized spacial score (nSPS) is 10.6.